The molecule has 0 amide bonds. The third-order valence-electron chi connectivity index (χ3n) is 4.25. The van der Waals surface area contributed by atoms with Crippen LogP contribution in [0.5, 0.6) is 0 Å². The Bertz CT molecular complexity index is 895. The van der Waals surface area contributed by atoms with E-state index in [-0.39, 0.29) is 11.6 Å². The van der Waals surface area contributed by atoms with E-state index in [1.54, 1.807) is 12.1 Å². The zero-order chi connectivity index (χ0) is 17.4. The summed E-state index contributed by atoms with van der Waals surface area (Å²) >= 11 is 0. The molecule has 1 aliphatic rings. The monoisotopic (exact) mass is 338 g/mol. The maximum absolute atomic E-state index is 13.3. The summed E-state index contributed by atoms with van der Waals surface area (Å²) in [5, 5.41) is 27.8. The molecular formula is C18H15FN4O2. The highest BCUT2D eigenvalue weighted by atomic mass is 19.1. The number of hydrogen-bond donors (Lipinski definition) is 3. The van der Waals surface area contributed by atoms with Crippen molar-refractivity contribution >= 4 is 11.5 Å². The highest BCUT2D eigenvalue weighted by Crippen LogP contribution is 2.45. The SMILES string of the molecule is OC1=C(c2ccc(F)cc2)C(c2ccccc2)N(c2ncn[nH]2)C1O. The average molecular weight is 338 g/mol. The molecule has 0 saturated heterocycles. The van der Waals surface area contributed by atoms with E-state index in [2.05, 4.69) is 15.2 Å². The van der Waals surface area contributed by atoms with Gasteiger partial charge in [0.25, 0.3) is 0 Å². The van der Waals surface area contributed by atoms with Gasteiger partial charge < -0.3 is 10.2 Å². The van der Waals surface area contributed by atoms with Crippen LogP contribution >= 0.6 is 0 Å². The van der Waals surface area contributed by atoms with Crippen LogP contribution in [0, 0.1) is 5.82 Å². The largest absolute Gasteiger partial charge is 0.507 e. The molecule has 0 aliphatic carbocycles. The van der Waals surface area contributed by atoms with E-state index in [9.17, 15) is 14.6 Å². The molecule has 0 spiro atoms. The first kappa shape index (κ1) is 15.3. The number of H-pyrrole nitrogens is 1. The third-order valence-corrected chi connectivity index (χ3v) is 4.25. The Kier molecular flexibility index (Phi) is 3.70. The molecule has 2 atom stereocenters. The van der Waals surface area contributed by atoms with Crippen LogP contribution in [0.4, 0.5) is 10.3 Å². The number of benzene rings is 2. The molecular weight excluding hydrogens is 323 g/mol. The number of aromatic nitrogens is 3. The van der Waals surface area contributed by atoms with Crippen LogP contribution in [-0.2, 0) is 0 Å². The molecule has 25 heavy (non-hydrogen) atoms. The molecule has 0 saturated carbocycles. The second-order valence-electron chi connectivity index (χ2n) is 5.71. The molecule has 0 radical (unpaired) electrons. The van der Waals surface area contributed by atoms with Crippen LogP contribution in [-0.4, -0.2) is 31.6 Å². The molecule has 2 heterocycles. The maximum atomic E-state index is 13.3. The summed E-state index contributed by atoms with van der Waals surface area (Å²) < 4.78 is 13.3. The van der Waals surface area contributed by atoms with Gasteiger partial charge in [0.05, 0.1) is 6.04 Å². The molecule has 126 valence electrons. The van der Waals surface area contributed by atoms with Gasteiger partial charge in [0, 0.05) is 5.57 Å². The summed E-state index contributed by atoms with van der Waals surface area (Å²) in [7, 11) is 0. The van der Waals surface area contributed by atoms with Gasteiger partial charge in [-0.15, -0.1) is 0 Å². The van der Waals surface area contributed by atoms with E-state index in [0.29, 0.717) is 17.1 Å². The van der Waals surface area contributed by atoms with E-state index in [1.165, 1.54) is 23.4 Å². The number of nitrogens with zero attached hydrogens (tertiary/aromatic N) is 3. The van der Waals surface area contributed by atoms with Gasteiger partial charge in [-0.3, -0.25) is 4.90 Å². The minimum Gasteiger partial charge on any atom is -0.507 e. The lowest BCUT2D eigenvalue weighted by molar-refractivity contribution is 0.156. The standard InChI is InChI=1S/C18H15FN4O2/c19-13-8-6-11(7-9-13)14-15(12-4-2-1-3-5-12)23(17(25)16(14)24)18-20-10-21-22-18/h1-10,15,17,24-25H,(H,20,21,22). The van der Waals surface area contributed by atoms with Crippen molar-refractivity contribution in [1.82, 2.24) is 15.2 Å². The number of aliphatic hydroxyl groups excluding tert-OH is 2. The number of halogens is 1. The van der Waals surface area contributed by atoms with Gasteiger partial charge in [-0.2, -0.15) is 10.1 Å². The Morgan fingerprint density at radius 3 is 2.40 bits per heavy atom. The normalized spacial score (nSPS) is 20.3. The van der Waals surface area contributed by atoms with E-state index < -0.39 is 12.3 Å². The second kappa shape index (κ2) is 6.03. The van der Waals surface area contributed by atoms with Crippen LogP contribution in [0.25, 0.3) is 5.57 Å². The number of anilines is 1. The topological polar surface area (TPSA) is 85.3 Å². The van der Waals surface area contributed by atoms with Crippen LogP contribution < -0.4 is 4.90 Å². The van der Waals surface area contributed by atoms with E-state index in [1.807, 2.05) is 30.3 Å². The molecule has 3 aromatic rings. The van der Waals surface area contributed by atoms with Crippen molar-refractivity contribution in [3.63, 3.8) is 0 Å². The predicted octanol–water partition coefficient (Wildman–Crippen LogP) is 2.79. The zero-order valence-electron chi connectivity index (χ0n) is 13.0. The minimum atomic E-state index is -1.29. The molecule has 1 aliphatic heterocycles. The first-order chi connectivity index (χ1) is 12.2. The summed E-state index contributed by atoms with van der Waals surface area (Å²) in [6, 6.07) is 14.7. The molecule has 3 N–H and O–H groups in total. The van der Waals surface area contributed by atoms with Crippen LogP contribution in [0.2, 0.25) is 0 Å². The summed E-state index contributed by atoms with van der Waals surface area (Å²) in [4.78, 5) is 5.64. The van der Waals surface area contributed by atoms with Gasteiger partial charge in [-0.1, -0.05) is 42.5 Å². The van der Waals surface area contributed by atoms with E-state index in [4.69, 9.17) is 0 Å². The van der Waals surface area contributed by atoms with Crippen LogP contribution in [0.3, 0.4) is 0 Å². The molecule has 4 rings (SSSR count). The van der Waals surface area contributed by atoms with Crippen molar-refractivity contribution in [3.8, 4) is 0 Å². The third kappa shape index (κ3) is 2.54. The molecule has 0 fully saturated rings. The van der Waals surface area contributed by atoms with Gasteiger partial charge in [-0.25, -0.2) is 9.49 Å². The summed E-state index contributed by atoms with van der Waals surface area (Å²) in [6.07, 6.45) is 0.0371. The van der Waals surface area contributed by atoms with Crippen molar-refractivity contribution in [1.29, 1.82) is 0 Å². The fourth-order valence-corrected chi connectivity index (χ4v) is 3.15. The van der Waals surface area contributed by atoms with Crippen molar-refractivity contribution in [3.05, 3.63) is 83.6 Å². The van der Waals surface area contributed by atoms with Crippen LogP contribution in [0.15, 0.2) is 66.7 Å². The fraction of sp³-hybridized carbons (Fsp3) is 0.111. The number of nitrogens with one attached hydrogen (secondary N) is 1. The van der Waals surface area contributed by atoms with Gasteiger partial charge in [-0.05, 0) is 23.3 Å². The smallest absolute Gasteiger partial charge is 0.224 e. The Balaban J connectivity index is 1.89. The van der Waals surface area contributed by atoms with Gasteiger partial charge in [0.2, 0.25) is 5.95 Å². The Morgan fingerprint density at radius 2 is 1.76 bits per heavy atom. The number of rotatable bonds is 3. The Hall–Kier alpha value is -3.19. The molecule has 6 nitrogen and oxygen atoms in total. The highest BCUT2D eigenvalue weighted by molar-refractivity contribution is 5.80. The zero-order valence-corrected chi connectivity index (χ0v) is 13.0. The van der Waals surface area contributed by atoms with Gasteiger partial charge in [0.15, 0.2) is 6.23 Å². The quantitative estimate of drug-likeness (QED) is 0.684. The summed E-state index contributed by atoms with van der Waals surface area (Å²) in [5.74, 6) is -0.243. The van der Waals surface area contributed by atoms with Crippen LogP contribution in [0.1, 0.15) is 17.2 Å². The summed E-state index contributed by atoms with van der Waals surface area (Å²) in [6.45, 7) is 0. The van der Waals surface area contributed by atoms with Crippen molar-refractivity contribution in [2.24, 2.45) is 0 Å². The number of aliphatic hydroxyl groups is 2. The predicted molar refractivity (Wildman–Crippen MR) is 90.0 cm³/mol. The molecule has 0 bridgehead atoms. The lowest BCUT2D eigenvalue weighted by atomic mass is 9.93. The summed E-state index contributed by atoms with van der Waals surface area (Å²) in [5.41, 5.74) is 1.96. The molecule has 2 aromatic carbocycles. The van der Waals surface area contributed by atoms with Crippen molar-refractivity contribution in [2.75, 3.05) is 4.90 Å². The van der Waals surface area contributed by atoms with Gasteiger partial charge >= 0.3 is 0 Å². The lowest BCUT2D eigenvalue weighted by Crippen LogP contribution is -2.35. The first-order valence-corrected chi connectivity index (χ1v) is 7.72. The van der Waals surface area contributed by atoms with Crippen molar-refractivity contribution < 1.29 is 14.6 Å². The fourth-order valence-electron chi connectivity index (χ4n) is 3.15. The molecule has 7 heteroatoms. The number of aromatic amines is 1. The highest BCUT2D eigenvalue weighted by Gasteiger charge is 2.43. The average Bonchev–Trinajstić information content (AvgIpc) is 3.24. The Morgan fingerprint density at radius 1 is 1.04 bits per heavy atom. The molecule has 2 unspecified atom stereocenters. The first-order valence-electron chi connectivity index (χ1n) is 7.72. The molecule has 1 aromatic heterocycles. The minimum absolute atomic E-state index is 0.197. The van der Waals surface area contributed by atoms with Gasteiger partial charge in [0.1, 0.15) is 17.9 Å². The number of hydrogen-bond acceptors (Lipinski definition) is 5. The maximum Gasteiger partial charge on any atom is 0.224 e. The van der Waals surface area contributed by atoms with E-state index >= 15 is 0 Å². The van der Waals surface area contributed by atoms with Crippen molar-refractivity contribution in [2.45, 2.75) is 12.3 Å². The Labute approximate surface area is 142 Å². The second-order valence-corrected chi connectivity index (χ2v) is 5.71. The lowest BCUT2D eigenvalue weighted by Gasteiger charge is -2.28. The van der Waals surface area contributed by atoms with E-state index in [0.717, 1.165) is 5.56 Å².